The number of hydrogen-bond donors (Lipinski definition) is 1. The van der Waals surface area contributed by atoms with Gasteiger partial charge in [-0.1, -0.05) is 37.0 Å². The van der Waals surface area contributed by atoms with Crippen LogP contribution in [0.25, 0.3) is 10.1 Å². The zero-order valence-corrected chi connectivity index (χ0v) is 18.6. The minimum absolute atomic E-state index is 0.0189. The smallest absolute Gasteiger partial charge is 0.267 e. The van der Waals surface area contributed by atoms with E-state index < -0.39 is 21.7 Å². The molecule has 1 aromatic heterocycles. The highest BCUT2D eigenvalue weighted by Crippen LogP contribution is 2.37. The highest BCUT2D eigenvalue weighted by Gasteiger charge is 2.24. The summed E-state index contributed by atoms with van der Waals surface area (Å²) in [7, 11) is -3.72. The monoisotopic (exact) mass is 474 g/mol. The molecule has 3 aromatic rings. The second-order valence-electron chi connectivity index (χ2n) is 6.07. The molecule has 2 aromatic carbocycles. The normalized spacial score (nSPS) is 11.9. The van der Waals surface area contributed by atoms with Crippen molar-refractivity contribution in [1.82, 2.24) is 4.31 Å². The van der Waals surface area contributed by atoms with Crippen LogP contribution in [0.5, 0.6) is 0 Å². The summed E-state index contributed by atoms with van der Waals surface area (Å²) in [4.78, 5) is 13.0. The molecule has 0 fully saturated rings. The first-order valence-corrected chi connectivity index (χ1v) is 11.7. The van der Waals surface area contributed by atoms with Crippen LogP contribution in [0.3, 0.4) is 0 Å². The Balaban J connectivity index is 1.96. The van der Waals surface area contributed by atoms with Crippen LogP contribution in [0.4, 0.5) is 10.1 Å². The zero-order chi connectivity index (χ0) is 21.3. The van der Waals surface area contributed by atoms with Crippen molar-refractivity contribution in [3.05, 3.63) is 57.1 Å². The predicted molar refractivity (Wildman–Crippen MR) is 116 cm³/mol. The number of thiophene rings is 1. The van der Waals surface area contributed by atoms with E-state index in [2.05, 4.69) is 5.32 Å². The Morgan fingerprint density at radius 2 is 1.83 bits per heavy atom. The minimum atomic E-state index is -3.72. The molecule has 5 nitrogen and oxygen atoms in total. The minimum Gasteiger partial charge on any atom is -0.320 e. The van der Waals surface area contributed by atoms with E-state index in [1.165, 1.54) is 40.7 Å². The Morgan fingerprint density at radius 1 is 1.14 bits per heavy atom. The van der Waals surface area contributed by atoms with Crippen molar-refractivity contribution in [2.24, 2.45) is 0 Å². The van der Waals surface area contributed by atoms with Crippen molar-refractivity contribution in [2.75, 3.05) is 18.4 Å². The largest absolute Gasteiger partial charge is 0.320 e. The predicted octanol–water partition coefficient (Wildman–Crippen LogP) is 5.63. The topological polar surface area (TPSA) is 66.5 Å². The van der Waals surface area contributed by atoms with E-state index in [0.717, 1.165) is 11.3 Å². The molecule has 0 saturated carbocycles. The zero-order valence-electron chi connectivity index (χ0n) is 15.5. The van der Waals surface area contributed by atoms with E-state index in [0.29, 0.717) is 23.2 Å². The number of amides is 1. The third-order valence-corrected chi connectivity index (χ3v) is 8.36. The molecule has 0 aliphatic rings. The van der Waals surface area contributed by atoms with Gasteiger partial charge in [0.15, 0.2) is 0 Å². The number of hydrogen-bond acceptors (Lipinski definition) is 4. The molecular weight excluding hydrogens is 458 g/mol. The maximum Gasteiger partial charge on any atom is 0.267 e. The van der Waals surface area contributed by atoms with Crippen LogP contribution >= 0.6 is 34.5 Å². The van der Waals surface area contributed by atoms with Gasteiger partial charge >= 0.3 is 0 Å². The van der Waals surface area contributed by atoms with Gasteiger partial charge in [-0.15, -0.1) is 11.3 Å². The van der Waals surface area contributed by atoms with Crippen molar-refractivity contribution in [3.8, 4) is 0 Å². The van der Waals surface area contributed by atoms with Gasteiger partial charge in [-0.2, -0.15) is 4.31 Å². The summed E-state index contributed by atoms with van der Waals surface area (Å²) in [5.41, 5.74) is 0.143. The Morgan fingerprint density at radius 3 is 2.48 bits per heavy atom. The van der Waals surface area contributed by atoms with Crippen molar-refractivity contribution in [1.29, 1.82) is 0 Å². The molecule has 0 saturated heterocycles. The third kappa shape index (κ3) is 4.27. The Kier molecular flexibility index (Phi) is 6.50. The maximum atomic E-state index is 13.4. The Labute approximate surface area is 182 Å². The highest BCUT2D eigenvalue weighted by atomic mass is 35.5. The molecule has 3 rings (SSSR count). The van der Waals surface area contributed by atoms with Gasteiger partial charge < -0.3 is 5.32 Å². The number of anilines is 1. The fraction of sp³-hybridized carbons (Fsp3) is 0.211. The summed E-state index contributed by atoms with van der Waals surface area (Å²) in [6, 6.07) is 8.18. The van der Waals surface area contributed by atoms with Gasteiger partial charge in [0, 0.05) is 23.2 Å². The van der Waals surface area contributed by atoms with Crippen LogP contribution < -0.4 is 5.32 Å². The number of fused-ring (bicyclic) bond motifs is 1. The summed E-state index contributed by atoms with van der Waals surface area (Å²) >= 11 is 13.5. The van der Waals surface area contributed by atoms with Crippen molar-refractivity contribution in [2.45, 2.75) is 18.7 Å². The number of nitrogens with one attached hydrogen (secondary N) is 1. The van der Waals surface area contributed by atoms with E-state index in [4.69, 9.17) is 23.2 Å². The van der Waals surface area contributed by atoms with E-state index in [9.17, 15) is 17.6 Å². The van der Waals surface area contributed by atoms with Crippen molar-refractivity contribution < 1.29 is 17.6 Å². The fourth-order valence-corrected chi connectivity index (χ4v) is 5.92. The molecule has 0 radical (unpaired) electrons. The number of nitrogens with zero attached hydrogens (tertiary/aromatic N) is 1. The summed E-state index contributed by atoms with van der Waals surface area (Å²) in [5.74, 6) is -0.990. The lowest BCUT2D eigenvalue weighted by molar-refractivity contribution is 0.103. The number of halogens is 3. The molecule has 1 heterocycles. The van der Waals surface area contributed by atoms with Crippen LogP contribution in [0.15, 0.2) is 41.3 Å². The molecule has 0 spiro atoms. The lowest BCUT2D eigenvalue weighted by atomic mass is 10.2. The molecule has 10 heteroatoms. The van der Waals surface area contributed by atoms with Gasteiger partial charge in [0.25, 0.3) is 5.91 Å². The van der Waals surface area contributed by atoms with E-state index >= 15 is 0 Å². The summed E-state index contributed by atoms with van der Waals surface area (Å²) < 4.78 is 40.7. The van der Waals surface area contributed by atoms with E-state index in [-0.39, 0.29) is 25.5 Å². The van der Waals surface area contributed by atoms with Gasteiger partial charge in [-0.25, -0.2) is 12.8 Å². The van der Waals surface area contributed by atoms with Crippen LogP contribution in [-0.2, 0) is 10.0 Å². The van der Waals surface area contributed by atoms with Gasteiger partial charge in [-0.05, 0) is 36.4 Å². The quantitative estimate of drug-likeness (QED) is 0.503. The second-order valence-corrected chi connectivity index (χ2v) is 9.85. The SMILES string of the molecule is CCN(CC)S(=O)(=O)c1ccc(Cl)c(NC(=O)c2sc3cc(F)ccc3c2Cl)c1. The molecule has 0 aliphatic heterocycles. The van der Waals surface area contributed by atoms with Gasteiger partial charge in [0.2, 0.25) is 10.0 Å². The lowest BCUT2D eigenvalue weighted by Crippen LogP contribution is -2.30. The number of benzene rings is 2. The molecule has 0 bridgehead atoms. The van der Waals surface area contributed by atoms with Crippen molar-refractivity contribution in [3.63, 3.8) is 0 Å². The first-order valence-electron chi connectivity index (χ1n) is 8.67. The molecule has 154 valence electrons. The summed E-state index contributed by atoms with van der Waals surface area (Å²) in [5, 5.41) is 3.55. The average Bonchev–Trinajstić information content (AvgIpc) is 3.00. The maximum absolute atomic E-state index is 13.4. The van der Waals surface area contributed by atoms with Crippen LogP contribution in [0.2, 0.25) is 10.0 Å². The highest BCUT2D eigenvalue weighted by molar-refractivity contribution is 7.89. The second kappa shape index (κ2) is 8.57. The summed E-state index contributed by atoms with van der Waals surface area (Å²) in [6.45, 7) is 4.12. The Bertz CT molecular complexity index is 1190. The van der Waals surface area contributed by atoms with E-state index in [1.807, 2.05) is 0 Å². The average molecular weight is 475 g/mol. The number of carbonyl (C=O) groups is 1. The molecule has 0 atom stereocenters. The number of carbonyl (C=O) groups excluding carboxylic acids is 1. The molecular formula is C19H17Cl2FN2O3S2. The van der Waals surface area contributed by atoms with Gasteiger partial charge in [0.05, 0.1) is 20.6 Å². The van der Waals surface area contributed by atoms with Gasteiger partial charge in [0.1, 0.15) is 10.7 Å². The lowest BCUT2D eigenvalue weighted by Gasteiger charge is -2.19. The first-order chi connectivity index (χ1) is 13.7. The van der Waals surface area contributed by atoms with Crippen LogP contribution in [0.1, 0.15) is 23.5 Å². The summed E-state index contributed by atoms with van der Waals surface area (Å²) in [6.07, 6.45) is 0. The molecule has 0 unspecified atom stereocenters. The van der Waals surface area contributed by atoms with Crippen molar-refractivity contribution >= 4 is 66.2 Å². The van der Waals surface area contributed by atoms with Crippen LogP contribution in [0, 0.1) is 5.82 Å². The number of sulfonamides is 1. The molecule has 1 N–H and O–H groups in total. The molecule has 1 amide bonds. The van der Waals surface area contributed by atoms with Crippen LogP contribution in [-0.4, -0.2) is 31.7 Å². The standard InChI is InChI=1S/C19H17Cl2FN2O3S2/c1-3-24(4-2)29(26,27)12-6-8-14(20)15(10-12)23-19(25)18-17(21)13-7-5-11(22)9-16(13)28-18/h5-10H,3-4H2,1-2H3,(H,23,25). The molecule has 29 heavy (non-hydrogen) atoms. The van der Waals surface area contributed by atoms with E-state index in [1.54, 1.807) is 13.8 Å². The third-order valence-electron chi connectivity index (χ3n) is 4.33. The number of rotatable bonds is 6. The van der Waals surface area contributed by atoms with Gasteiger partial charge in [-0.3, -0.25) is 4.79 Å². The molecule has 0 aliphatic carbocycles. The first kappa shape index (κ1) is 22.0. The Hall–Kier alpha value is -1.71. The fourth-order valence-electron chi connectivity index (χ4n) is 2.84.